The van der Waals surface area contributed by atoms with Crippen LogP contribution in [0.3, 0.4) is 0 Å². The summed E-state index contributed by atoms with van der Waals surface area (Å²) >= 11 is 3.71. The van der Waals surface area contributed by atoms with Gasteiger partial charge in [0.15, 0.2) is 0 Å². The molecule has 0 spiro atoms. The molecular weight excluding hydrogens is 563 g/mol. The average Bonchev–Trinajstić information content (AvgIpc) is 3.70. The maximum absolute atomic E-state index is 5.28. The average molecular weight is 585 g/mol. The summed E-state index contributed by atoms with van der Waals surface area (Å²) in [5, 5.41) is 7.71. The molecule has 1 aliphatic rings. The van der Waals surface area contributed by atoms with Crippen molar-refractivity contribution in [2.24, 2.45) is 4.99 Å². The van der Waals surface area contributed by atoms with Crippen molar-refractivity contribution in [3.8, 4) is 0 Å². The largest absolute Gasteiger partial charge is 0.298 e. The Bertz CT molecular complexity index is 2670. The molecule has 0 amide bonds. The van der Waals surface area contributed by atoms with E-state index >= 15 is 0 Å². The molecule has 3 aromatic heterocycles. The summed E-state index contributed by atoms with van der Waals surface area (Å²) in [7, 11) is 0. The SMILES string of the molecule is c1ccc(C2=NC(c3cccc4c3sc3ccccc34)=[N+]2n2c3ccccc3c3cc4c(cc32)sc2ccccc24)cc1. The molecule has 0 saturated heterocycles. The van der Waals surface area contributed by atoms with Gasteiger partial charge in [0.1, 0.15) is 0 Å². The highest BCUT2D eigenvalue weighted by molar-refractivity contribution is 7.26. The van der Waals surface area contributed by atoms with E-state index in [0.29, 0.717) is 0 Å². The Kier molecular flexibility index (Phi) is 4.75. The van der Waals surface area contributed by atoms with Gasteiger partial charge in [-0.2, -0.15) is 4.68 Å². The van der Waals surface area contributed by atoms with E-state index in [-0.39, 0.29) is 0 Å². The van der Waals surface area contributed by atoms with E-state index in [1.54, 1.807) is 0 Å². The van der Waals surface area contributed by atoms with Crippen molar-refractivity contribution < 1.29 is 4.68 Å². The standard InChI is InChI=1S/C38H22N3S2/c1-2-11-23(12-3-1)37-39-38(28-17-10-16-27-25-14-5-9-20-34(25)43-36(27)28)41(37)40-31-18-7-4-13-24(31)29-21-30-26-15-6-8-19-33(26)42-35(30)22-32(29)40/h1-22H/q+1. The van der Waals surface area contributed by atoms with Crippen LogP contribution in [0.1, 0.15) is 11.1 Å². The zero-order valence-corrected chi connectivity index (χ0v) is 24.5. The lowest BCUT2D eigenvalue weighted by Crippen LogP contribution is -2.41. The zero-order valence-electron chi connectivity index (χ0n) is 22.9. The number of benzene rings is 6. The maximum atomic E-state index is 5.28. The van der Waals surface area contributed by atoms with Crippen LogP contribution in [-0.2, 0) is 0 Å². The van der Waals surface area contributed by atoms with Crippen molar-refractivity contribution in [2.75, 3.05) is 0 Å². The van der Waals surface area contributed by atoms with E-state index in [4.69, 9.17) is 4.99 Å². The van der Waals surface area contributed by atoms with E-state index in [1.165, 1.54) is 62.2 Å². The minimum atomic E-state index is 0.952. The molecule has 1 aliphatic heterocycles. The van der Waals surface area contributed by atoms with Gasteiger partial charge in [0, 0.05) is 51.1 Å². The summed E-state index contributed by atoms with van der Waals surface area (Å²) in [6, 6.07) is 48.2. The smallest absolute Gasteiger partial charge is 0.198 e. The van der Waals surface area contributed by atoms with Crippen LogP contribution in [0.4, 0.5) is 0 Å². The molecule has 0 radical (unpaired) electrons. The third-order valence-corrected chi connectivity index (χ3v) is 11.0. The monoisotopic (exact) mass is 584 g/mol. The molecule has 10 rings (SSSR count). The molecule has 0 aliphatic carbocycles. The Hall–Kier alpha value is -5.10. The van der Waals surface area contributed by atoms with Gasteiger partial charge in [0.25, 0.3) is 11.7 Å². The van der Waals surface area contributed by atoms with Gasteiger partial charge < -0.3 is 0 Å². The fraction of sp³-hybridized carbons (Fsp3) is 0. The van der Waals surface area contributed by atoms with Crippen LogP contribution in [0.25, 0.3) is 62.2 Å². The molecular formula is C38H22N3S2+. The lowest BCUT2D eigenvalue weighted by Gasteiger charge is -2.21. The van der Waals surface area contributed by atoms with Gasteiger partial charge in [-0.1, -0.05) is 89.9 Å². The van der Waals surface area contributed by atoms with Crippen molar-refractivity contribution in [1.82, 2.24) is 4.68 Å². The summed E-state index contributed by atoms with van der Waals surface area (Å²) in [6.45, 7) is 0. The molecule has 0 bridgehead atoms. The highest BCUT2D eigenvalue weighted by Gasteiger charge is 2.36. The maximum Gasteiger partial charge on any atom is 0.298 e. The number of hydrogen-bond acceptors (Lipinski definition) is 3. The van der Waals surface area contributed by atoms with Crippen LogP contribution >= 0.6 is 22.7 Å². The minimum Gasteiger partial charge on any atom is -0.198 e. The fourth-order valence-corrected chi connectivity index (χ4v) is 9.03. The highest BCUT2D eigenvalue weighted by atomic mass is 32.1. The summed E-state index contributed by atoms with van der Waals surface area (Å²) in [6.07, 6.45) is 0. The number of aliphatic imine (C=N–C) groups is 1. The first-order chi connectivity index (χ1) is 21.3. The van der Waals surface area contributed by atoms with E-state index in [1.807, 2.05) is 22.7 Å². The van der Waals surface area contributed by atoms with Crippen molar-refractivity contribution >= 4 is 96.5 Å². The molecule has 0 N–H and O–H groups in total. The molecule has 0 atom stereocenters. The van der Waals surface area contributed by atoms with Crippen molar-refractivity contribution in [2.45, 2.75) is 0 Å². The number of nitrogens with zero attached hydrogens (tertiary/aromatic N) is 3. The molecule has 5 heteroatoms. The second kappa shape index (κ2) is 8.71. The molecule has 200 valence electrons. The van der Waals surface area contributed by atoms with Crippen LogP contribution in [0.2, 0.25) is 0 Å². The Morgan fingerprint density at radius 3 is 2.00 bits per heavy atom. The third-order valence-electron chi connectivity index (χ3n) is 8.64. The van der Waals surface area contributed by atoms with Gasteiger partial charge in [-0.3, -0.25) is 0 Å². The van der Waals surface area contributed by atoms with Crippen LogP contribution in [0.5, 0.6) is 0 Å². The molecule has 6 aromatic carbocycles. The Morgan fingerprint density at radius 1 is 0.488 bits per heavy atom. The molecule has 3 nitrogen and oxygen atoms in total. The molecule has 43 heavy (non-hydrogen) atoms. The number of thiophene rings is 2. The Balaban J connectivity index is 1.33. The first-order valence-electron chi connectivity index (χ1n) is 14.4. The van der Waals surface area contributed by atoms with Gasteiger partial charge in [0.05, 0.1) is 22.2 Å². The van der Waals surface area contributed by atoms with Crippen molar-refractivity contribution in [3.05, 3.63) is 145 Å². The number of fused-ring (bicyclic) bond motifs is 9. The van der Waals surface area contributed by atoms with Crippen LogP contribution in [-0.4, -0.2) is 21.0 Å². The molecule has 9 aromatic rings. The molecule has 0 saturated carbocycles. The zero-order chi connectivity index (χ0) is 28.1. The highest BCUT2D eigenvalue weighted by Crippen LogP contribution is 2.41. The quantitative estimate of drug-likeness (QED) is 0.184. The minimum absolute atomic E-state index is 0.952. The van der Waals surface area contributed by atoms with E-state index < -0.39 is 0 Å². The van der Waals surface area contributed by atoms with Crippen LogP contribution in [0.15, 0.2) is 138 Å². The summed E-state index contributed by atoms with van der Waals surface area (Å²) in [5.74, 6) is 1.92. The second-order valence-electron chi connectivity index (χ2n) is 11.0. The van der Waals surface area contributed by atoms with Crippen molar-refractivity contribution in [1.29, 1.82) is 0 Å². The predicted octanol–water partition coefficient (Wildman–Crippen LogP) is 10.2. The van der Waals surface area contributed by atoms with Gasteiger partial charge in [-0.05, 0) is 48.5 Å². The number of para-hydroxylation sites is 1. The van der Waals surface area contributed by atoms with E-state index in [0.717, 1.165) is 22.8 Å². The summed E-state index contributed by atoms with van der Waals surface area (Å²) < 4.78 is 9.92. The van der Waals surface area contributed by atoms with Crippen molar-refractivity contribution in [3.63, 3.8) is 0 Å². The molecule has 0 unspecified atom stereocenters. The lowest BCUT2D eigenvalue weighted by molar-refractivity contribution is -0.475. The first-order valence-corrected chi connectivity index (χ1v) is 16.0. The number of rotatable bonds is 3. The number of aromatic nitrogens is 1. The third kappa shape index (κ3) is 3.23. The number of hydrogen-bond donors (Lipinski definition) is 0. The Labute approximate surface area is 254 Å². The van der Waals surface area contributed by atoms with Gasteiger partial charge >= 0.3 is 0 Å². The van der Waals surface area contributed by atoms with Crippen LogP contribution in [0, 0.1) is 0 Å². The summed E-state index contributed by atoms with van der Waals surface area (Å²) in [4.78, 5) is 5.28. The van der Waals surface area contributed by atoms with Gasteiger partial charge in [-0.25, -0.2) is 0 Å². The normalized spacial score (nSPS) is 13.6. The Morgan fingerprint density at radius 2 is 1.16 bits per heavy atom. The number of amidine groups is 2. The lowest BCUT2D eigenvalue weighted by atomic mass is 10.1. The second-order valence-corrected chi connectivity index (χ2v) is 13.1. The summed E-state index contributed by atoms with van der Waals surface area (Å²) in [5.41, 5.74) is 4.62. The fourth-order valence-electron chi connectivity index (χ4n) is 6.69. The van der Waals surface area contributed by atoms with Crippen LogP contribution < -0.4 is 0 Å². The molecule has 0 fully saturated rings. The molecule has 4 heterocycles. The van der Waals surface area contributed by atoms with E-state index in [9.17, 15) is 0 Å². The predicted molar refractivity (Wildman–Crippen MR) is 184 cm³/mol. The van der Waals surface area contributed by atoms with Gasteiger partial charge in [-0.15, -0.1) is 27.4 Å². The van der Waals surface area contributed by atoms with Gasteiger partial charge in [0.2, 0.25) is 0 Å². The first kappa shape index (κ1) is 23.5. The topological polar surface area (TPSA) is 20.3 Å². The van der Waals surface area contributed by atoms with E-state index in [2.05, 4.69) is 143 Å².